The highest BCUT2D eigenvalue weighted by Gasteiger charge is 2.27. The Morgan fingerprint density at radius 2 is 1.93 bits per heavy atom. The molecule has 3 rings (SSSR count). The van der Waals surface area contributed by atoms with Crippen LogP contribution in [0.25, 0.3) is 11.3 Å². The number of hydrogen-bond donors (Lipinski definition) is 1. The van der Waals surface area contributed by atoms with Gasteiger partial charge in [0.2, 0.25) is 0 Å². The van der Waals surface area contributed by atoms with Gasteiger partial charge in [0.1, 0.15) is 22.8 Å². The topological polar surface area (TPSA) is 81.4 Å². The standard InChI is InChI=1S/C22H20ClFN2O4/c1-13(15-7-4-3-5-8-15)11-25-18(27)12-29-22(28)19-14(2)30-26-21(19)20-16(23)9-6-10-17(20)24/h3-10,13H,11-12H2,1-2H3,(H,25,27). The minimum absolute atomic E-state index is 0.0656. The predicted octanol–water partition coefficient (Wildman–Crippen LogP) is 4.52. The summed E-state index contributed by atoms with van der Waals surface area (Å²) in [7, 11) is 0. The maximum Gasteiger partial charge on any atom is 0.344 e. The lowest BCUT2D eigenvalue weighted by molar-refractivity contribution is -0.124. The summed E-state index contributed by atoms with van der Waals surface area (Å²) in [6.45, 7) is 3.37. The van der Waals surface area contributed by atoms with Crippen molar-refractivity contribution in [1.82, 2.24) is 10.5 Å². The summed E-state index contributed by atoms with van der Waals surface area (Å²) in [5, 5.41) is 6.55. The summed E-state index contributed by atoms with van der Waals surface area (Å²) in [5.41, 5.74) is 0.872. The van der Waals surface area contributed by atoms with Crippen LogP contribution in [0.3, 0.4) is 0 Å². The van der Waals surface area contributed by atoms with E-state index in [1.807, 2.05) is 37.3 Å². The first-order chi connectivity index (χ1) is 14.4. The zero-order valence-electron chi connectivity index (χ0n) is 16.4. The van der Waals surface area contributed by atoms with E-state index in [1.54, 1.807) is 0 Å². The van der Waals surface area contributed by atoms with Gasteiger partial charge in [-0.1, -0.05) is 60.1 Å². The van der Waals surface area contributed by atoms with E-state index in [0.717, 1.165) is 5.56 Å². The van der Waals surface area contributed by atoms with Gasteiger partial charge in [0.15, 0.2) is 6.61 Å². The number of amides is 1. The minimum atomic E-state index is -0.852. The van der Waals surface area contributed by atoms with Crippen LogP contribution in [0.2, 0.25) is 5.02 Å². The van der Waals surface area contributed by atoms with E-state index in [1.165, 1.54) is 25.1 Å². The molecule has 0 radical (unpaired) electrons. The lowest BCUT2D eigenvalue weighted by Crippen LogP contribution is -2.31. The molecule has 30 heavy (non-hydrogen) atoms. The molecular formula is C22H20ClFN2O4. The van der Waals surface area contributed by atoms with Crippen LogP contribution >= 0.6 is 11.6 Å². The lowest BCUT2D eigenvalue weighted by Gasteiger charge is -2.13. The minimum Gasteiger partial charge on any atom is -0.452 e. The van der Waals surface area contributed by atoms with Gasteiger partial charge in [0.05, 0.1) is 10.6 Å². The highest BCUT2D eigenvalue weighted by Crippen LogP contribution is 2.33. The van der Waals surface area contributed by atoms with Gasteiger partial charge in [-0.25, -0.2) is 9.18 Å². The van der Waals surface area contributed by atoms with Gasteiger partial charge in [-0.05, 0) is 30.5 Å². The second kappa shape index (κ2) is 9.54. The van der Waals surface area contributed by atoms with Gasteiger partial charge in [-0.3, -0.25) is 4.79 Å². The number of benzene rings is 2. The fraction of sp³-hybridized carbons (Fsp3) is 0.227. The molecule has 0 fully saturated rings. The Hall–Kier alpha value is -3.19. The molecule has 0 saturated carbocycles. The summed E-state index contributed by atoms with van der Waals surface area (Å²) in [4.78, 5) is 24.6. The van der Waals surface area contributed by atoms with Crippen molar-refractivity contribution in [2.75, 3.05) is 13.2 Å². The predicted molar refractivity (Wildman–Crippen MR) is 110 cm³/mol. The Morgan fingerprint density at radius 1 is 1.20 bits per heavy atom. The quantitative estimate of drug-likeness (QED) is 0.557. The molecule has 1 heterocycles. The SMILES string of the molecule is Cc1onc(-c2c(F)cccc2Cl)c1C(=O)OCC(=O)NCC(C)c1ccccc1. The molecule has 2 aromatic carbocycles. The normalized spacial score (nSPS) is 11.7. The number of carbonyl (C=O) groups is 2. The molecule has 6 nitrogen and oxygen atoms in total. The zero-order valence-corrected chi connectivity index (χ0v) is 17.2. The first-order valence-electron chi connectivity index (χ1n) is 9.28. The van der Waals surface area contributed by atoms with Crippen molar-refractivity contribution in [3.63, 3.8) is 0 Å². The summed E-state index contributed by atoms with van der Waals surface area (Å²) in [6, 6.07) is 13.8. The molecule has 0 aliphatic rings. The highest BCUT2D eigenvalue weighted by molar-refractivity contribution is 6.33. The molecular weight excluding hydrogens is 411 g/mol. The van der Waals surface area contributed by atoms with E-state index in [2.05, 4.69) is 10.5 Å². The van der Waals surface area contributed by atoms with Gasteiger partial charge >= 0.3 is 5.97 Å². The number of aryl methyl sites for hydroxylation is 1. The Balaban J connectivity index is 1.63. The third-order valence-electron chi connectivity index (χ3n) is 4.57. The van der Waals surface area contributed by atoms with Crippen molar-refractivity contribution < 1.29 is 23.2 Å². The van der Waals surface area contributed by atoms with Crippen molar-refractivity contribution in [2.45, 2.75) is 19.8 Å². The molecule has 1 aromatic heterocycles. The molecule has 8 heteroatoms. The van der Waals surface area contributed by atoms with Crippen molar-refractivity contribution in [2.24, 2.45) is 0 Å². The summed E-state index contributed by atoms with van der Waals surface area (Å²) >= 11 is 6.06. The molecule has 0 spiro atoms. The molecule has 3 aromatic rings. The molecule has 0 aliphatic heterocycles. The molecule has 1 N–H and O–H groups in total. The fourth-order valence-corrected chi connectivity index (χ4v) is 3.18. The van der Waals surface area contributed by atoms with Crippen LogP contribution in [0.1, 0.15) is 34.5 Å². The zero-order chi connectivity index (χ0) is 21.7. The number of nitrogens with one attached hydrogen (secondary N) is 1. The molecule has 1 atom stereocenters. The third kappa shape index (κ3) is 4.86. The Labute approximate surface area is 178 Å². The van der Waals surface area contributed by atoms with Gasteiger partial charge in [0, 0.05) is 6.54 Å². The third-order valence-corrected chi connectivity index (χ3v) is 4.89. The van der Waals surface area contributed by atoms with Crippen LogP contribution in [-0.2, 0) is 9.53 Å². The second-order valence-corrected chi connectivity index (χ2v) is 7.16. The maximum absolute atomic E-state index is 14.2. The monoisotopic (exact) mass is 430 g/mol. The van der Waals surface area contributed by atoms with Gasteiger partial charge in [0.25, 0.3) is 5.91 Å². The van der Waals surface area contributed by atoms with Gasteiger partial charge in [-0.2, -0.15) is 0 Å². The van der Waals surface area contributed by atoms with E-state index < -0.39 is 24.3 Å². The fourth-order valence-electron chi connectivity index (χ4n) is 2.93. The van der Waals surface area contributed by atoms with E-state index in [-0.39, 0.29) is 33.5 Å². The number of carbonyl (C=O) groups excluding carboxylic acids is 2. The van der Waals surface area contributed by atoms with Crippen molar-refractivity contribution in [1.29, 1.82) is 0 Å². The molecule has 156 valence electrons. The molecule has 0 bridgehead atoms. The van der Waals surface area contributed by atoms with Gasteiger partial charge in [-0.15, -0.1) is 0 Å². The van der Waals surface area contributed by atoms with Crippen molar-refractivity contribution in [3.05, 3.63) is 76.3 Å². The molecule has 1 amide bonds. The first-order valence-corrected chi connectivity index (χ1v) is 9.65. The van der Waals surface area contributed by atoms with Crippen LogP contribution in [0, 0.1) is 12.7 Å². The maximum atomic E-state index is 14.2. The first kappa shape index (κ1) is 21.5. The number of rotatable bonds is 7. The number of esters is 1. The molecule has 1 unspecified atom stereocenters. The lowest BCUT2D eigenvalue weighted by atomic mass is 10.0. The number of aromatic nitrogens is 1. The van der Waals surface area contributed by atoms with Crippen LogP contribution in [0.4, 0.5) is 4.39 Å². The van der Waals surface area contributed by atoms with Gasteiger partial charge < -0.3 is 14.6 Å². The van der Waals surface area contributed by atoms with Crippen molar-refractivity contribution >= 4 is 23.5 Å². The van der Waals surface area contributed by atoms with E-state index in [0.29, 0.717) is 6.54 Å². The molecule has 0 saturated heterocycles. The number of hydrogen-bond acceptors (Lipinski definition) is 5. The highest BCUT2D eigenvalue weighted by atomic mass is 35.5. The largest absolute Gasteiger partial charge is 0.452 e. The van der Waals surface area contributed by atoms with Crippen molar-refractivity contribution in [3.8, 4) is 11.3 Å². The Bertz CT molecular complexity index is 1030. The average molecular weight is 431 g/mol. The van der Waals surface area contributed by atoms with Crippen LogP contribution in [0.15, 0.2) is 53.1 Å². The average Bonchev–Trinajstić information content (AvgIpc) is 3.11. The van der Waals surface area contributed by atoms with E-state index >= 15 is 0 Å². The summed E-state index contributed by atoms with van der Waals surface area (Å²) in [5.74, 6) is -1.73. The Kier molecular flexibility index (Phi) is 6.84. The van der Waals surface area contributed by atoms with Crippen LogP contribution in [-0.4, -0.2) is 30.2 Å². The number of halogens is 2. The second-order valence-electron chi connectivity index (χ2n) is 6.75. The van der Waals surface area contributed by atoms with Crippen LogP contribution < -0.4 is 5.32 Å². The number of nitrogens with zero attached hydrogens (tertiary/aromatic N) is 1. The summed E-state index contributed by atoms with van der Waals surface area (Å²) < 4.78 is 24.4. The number of ether oxygens (including phenoxy) is 1. The van der Waals surface area contributed by atoms with E-state index in [4.69, 9.17) is 20.9 Å². The smallest absolute Gasteiger partial charge is 0.344 e. The van der Waals surface area contributed by atoms with E-state index in [9.17, 15) is 14.0 Å². The Morgan fingerprint density at radius 3 is 2.63 bits per heavy atom. The van der Waals surface area contributed by atoms with Crippen LogP contribution in [0.5, 0.6) is 0 Å². The molecule has 0 aliphatic carbocycles. The summed E-state index contributed by atoms with van der Waals surface area (Å²) in [6.07, 6.45) is 0.